The summed E-state index contributed by atoms with van der Waals surface area (Å²) in [6, 6.07) is 10.1. The number of hydrogen-bond donors (Lipinski definition) is 5. The number of amides is 1. The van der Waals surface area contributed by atoms with E-state index in [0.717, 1.165) is 44.1 Å². The second-order valence-corrected chi connectivity index (χ2v) is 12.9. The van der Waals surface area contributed by atoms with Crippen LogP contribution in [0.15, 0.2) is 48.1 Å². The van der Waals surface area contributed by atoms with Crippen LogP contribution < -0.4 is 27.4 Å². The molecular weight excluding hydrogens is 558 g/mol. The van der Waals surface area contributed by atoms with E-state index in [4.69, 9.17) is 11.5 Å². The van der Waals surface area contributed by atoms with Gasteiger partial charge in [-0.05, 0) is 74.3 Å². The zero-order valence-electron chi connectivity index (χ0n) is 29.4. The number of likely N-dealkylation sites (N-methyl/N-ethyl adjacent to an activating group) is 1. The van der Waals surface area contributed by atoms with Crippen molar-refractivity contribution in [3.05, 3.63) is 59.2 Å². The van der Waals surface area contributed by atoms with Gasteiger partial charge >= 0.3 is 0 Å². The van der Waals surface area contributed by atoms with Gasteiger partial charge in [-0.25, -0.2) is 10.0 Å². The summed E-state index contributed by atoms with van der Waals surface area (Å²) in [5, 5.41) is 14.7. The first-order chi connectivity index (χ1) is 21.8. The summed E-state index contributed by atoms with van der Waals surface area (Å²) in [4.78, 5) is 12.4. The molecule has 2 heterocycles. The van der Waals surface area contributed by atoms with Crippen molar-refractivity contribution in [1.29, 1.82) is 0 Å². The summed E-state index contributed by atoms with van der Waals surface area (Å²) in [6.07, 6.45) is 15.6. The lowest BCUT2D eigenvalue weighted by molar-refractivity contribution is -0.118. The lowest BCUT2D eigenvalue weighted by atomic mass is 10.0. The van der Waals surface area contributed by atoms with Crippen LogP contribution in [-0.4, -0.2) is 73.9 Å². The van der Waals surface area contributed by atoms with E-state index in [9.17, 15) is 4.79 Å². The highest BCUT2D eigenvalue weighted by molar-refractivity contribution is 5.95. The third-order valence-corrected chi connectivity index (χ3v) is 9.23. The summed E-state index contributed by atoms with van der Waals surface area (Å²) in [7, 11) is 1.76. The van der Waals surface area contributed by atoms with Crippen LogP contribution in [0.1, 0.15) is 115 Å². The molecule has 7 N–H and O–H groups in total. The number of carbonyl (C=O) groups excluding carboxylic acids is 1. The molecule has 0 bridgehead atoms. The number of carbonyl (C=O) groups is 1. The molecule has 8 heteroatoms. The van der Waals surface area contributed by atoms with Gasteiger partial charge in [-0.1, -0.05) is 90.6 Å². The standard InChI is InChI=1S/C18H34N6O.C17H27N.C2H6/c1-14(12-15(13-19)17(20)21-2)18(25)22-16-6-10-24(11-7-16)23-8-4-3-5-9-23;1-14(2)16-11-9-15(10-12-16)13-18-17-7-5-3-4-6-8-17;1-2/h12,16-17,21H,1,3-11,13,19-20H2,2H3,(H,22,25);9-12,14,17-18H,3-8,13H2,1-2H3;1-2H3/b15-12-;;. The first-order valence-corrected chi connectivity index (χ1v) is 18.0. The quantitative estimate of drug-likeness (QED) is 0.0948. The SMILES string of the molecule is C=C(/C=C(/CN)C(N)NC)C(=O)NC1CCN(N2CCCCC2)CC1.CC.CC(C)c1ccc(CNC2CCCCCC2)cc1. The van der Waals surface area contributed by atoms with E-state index in [2.05, 4.69) is 70.7 Å². The van der Waals surface area contributed by atoms with E-state index in [-0.39, 0.29) is 18.1 Å². The molecule has 0 radical (unpaired) electrons. The number of hydrazine groups is 1. The van der Waals surface area contributed by atoms with E-state index in [1.807, 2.05) is 13.8 Å². The van der Waals surface area contributed by atoms with E-state index in [0.29, 0.717) is 18.0 Å². The maximum absolute atomic E-state index is 12.4. The monoisotopic (exact) mass is 626 g/mol. The van der Waals surface area contributed by atoms with Crippen molar-refractivity contribution >= 4 is 5.91 Å². The Bertz CT molecular complexity index is 971. The molecule has 1 aliphatic carbocycles. The molecule has 1 saturated carbocycles. The predicted octanol–water partition coefficient (Wildman–Crippen LogP) is 5.56. The van der Waals surface area contributed by atoms with E-state index >= 15 is 0 Å². The number of rotatable bonds is 11. The predicted molar refractivity (Wildman–Crippen MR) is 192 cm³/mol. The Labute approximate surface area is 275 Å². The van der Waals surface area contributed by atoms with Crippen molar-refractivity contribution in [1.82, 2.24) is 26.0 Å². The van der Waals surface area contributed by atoms with Crippen LogP contribution in [0, 0.1) is 0 Å². The van der Waals surface area contributed by atoms with Crippen LogP contribution in [0.3, 0.4) is 0 Å². The smallest absolute Gasteiger partial charge is 0.250 e. The van der Waals surface area contributed by atoms with Gasteiger partial charge in [-0.3, -0.25) is 4.79 Å². The molecule has 0 aromatic heterocycles. The summed E-state index contributed by atoms with van der Waals surface area (Å²) < 4.78 is 0. The topological polar surface area (TPSA) is 112 Å². The third-order valence-electron chi connectivity index (χ3n) is 9.23. The highest BCUT2D eigenvalue weighted by atomic mass is 16.1. The third kappa shape index (κ3) is 14.5. The Hall–Kier alpha value is -2.07. The summed E-state index contributed by atoms with van der Waals surface area (Å²) in [5.41, 5.74) is 15.6. The molecule has 1 unspecified atom stereocenters. The van der Waals surface area contributed by atoms with Gasteiger partial charge in [-0.15, -0.1) is 0 Å². The minimum Gasteiger partial charge on any atom is -0.349 e. The fourth-order valence-corrected chi connectivity index (χ4v) is 6.25. The van der Waals surface area contributed by atoms with Crippen LogP contribution in [0.4, 0.5) is 0 Å². The number of nitrogens with zero attached hydrogens (tertiary/aromatic N) is 2. The van der Waals surface area contributed by atoms with Crippen LogP contribution in [0.5, 0.6) is 0 Å². The maximum Gasteiger partial charge on any atom is 0.250 e. The number of piperidine rings is 2. The van der Waals surface area contributed by atoms with Crippen molar-refractivity contribution in [2.24, 2.45) is 11.5 Å². The van der Waals surface area contributed by atoms with Crippen molar-refractivity contribution < 1.29 is 4.79 Å². The summed E-state index contributed by atoms with van der Waals surface area (Å²) in [6.45, 7) is 18.0. The van der Waals surface area contributed by atoms with Gasteiger partial charge in [0.25, 0.3) is 5.91 Å². The fraction of sp³-hybridized carbons (Fsp3) is 0.703. The van der Waals surface area contributed by atoms with Gasteiger partial charge in [0.05, 0.1) is 6.17 Å². The highest BCUT2D eigenvalue weighted by Gasteiger charge is 2.25. The van der Waals surface area contributed by atoms with Crippen LogP contribution >= 0.6 is 0 Å². The number of hydrogen-bond acceptors (Lipinski definition) is 7. The number of nitrogens with two attached hydrogens (primary N) is 2. The van der Waals surface area contributed by atoms with Gasteiger partial charge in [-0.2, -0.15) is 0 Å². The van der Waals surface area contributed by atoms with Gasteiger partial charge < -0.3 is 27.4 Å². The minimum absolute atomic E-state index is 0.134. The van der Waals surface area contributed by atoms with Crippen molar-refractivity contribution in [2.45, 2.75) is 129 Å². The molecule has 45 heavy (non-hydrogen) atoms. The Morgan fingerprint density at radius 1 is 0.889 bits per heavy atom. The Kier molecular flexibility index (Phi) is 19.5. The largest absolute Gasteiger partial charge is 0.349 e. The van der Waals surface area contributed by atoms with Gasteiger partial charge in [0, 0.05) is 56.9 Å². The average Bonchev–Trinajstić information content (AvgIpc) is 3.37. The average molecular weight is 626 g/mol. The highest BCUT2D eigenvalue weighted by Crippen LogP contribution is 2.20. The molecular formula is C37H67N7O. The van der Waals surface area contributed by atoms with E-state index < -0.39 is 0 Å². The second kappa shape index (κ2) is 22.5. The van der Waals surface area contributed by atoms with Gasteiger partial charge in [0.1, 0.15) is 0 Å². The van der Waals surface area contributed by atoms with Crippen molar-refractivity contribution in [2.75, 3.05) is 39.8 Å². The fourth-order valence-electron chi connectivity index (χ4n) is 6.25. The van der Waals surface area contributed by atoms with E-state index in [1.54, 1.807) is 13.1 Å². The Morgan fingerprint density at radius 3 is 1.98 bits per heavy atom. The van der Waals surface area contributed by atoms with E-state index in [1.165, 1.54) is 82.0 Å². The van der Waals surface area contributed by atoms with Crippen LogP contribution in [-0.2, 0) is 11.3 Å². The molecule has 256 valence electrons. The number of nitrogens with one attached hydrogen (secondary N) is 3. The van der Waals surface area contributed by atoms with Gasteiger partial charge in [0.2, 0.25) is 0 Å². The molecule has 4 rings (SSSR count). The van der Waals surface area contributed by atoms with Gasteiger partial charge in [0.15, 0.2) is 0 Å². The molecule has 2 saturated heterocycles. The number of benzene rings is 1. The molecule has 3 aliphatic rings. The van der Waals surface area contributed by atoms with Crippen LogP contribution in [0.25, 0.3) is 0 Å². The summed E-state index contributed by atoms with van der Waals surface area (Å²) in [5.74, 6) is 0.500. The molecule has 1 amide bonds. The molecule has 3 fully saturated rings. The van der Waals surface area contributed by atoms with Crippen molar-refractivity contribution in [3.8, 4) is 0 Å². The molecule has 1 aromatic carbocycles. The Morgan fingerprint density at radius 2 is 1.44 bits per heavy atom. The molecule has 1 atom stereocenters. The first-order valence-electron chi connectivity index (χ1n) is 18.0. The molecule has 1 aromatic rings. The molecule has 0 spiro atoms. The maximum atomic E-state index is 12.4. The minimum atomic E-state index is -0.359. The van der Waals surface area contributed by atoms with Crippen LogP contribution in [0.2, 0.25) is 0 Å². The zero-order chi connectivity index (χ0) is 33.0. The lowest BCUT2D eigenvalue weighted by Crippen LogP contribution is -2.52. The second-order valence-electron chi connectivity index (χ2n) is 12.9. The lowest BCUT2D eigenvalue weighted by Gasteiger charge is -2.41. The zero-order valence-corrected chi connectivity index (χ0v) is 29.4. The molecule has 8 nitrogen and oxygen atoms in total. The Balaban J connectivity index is 0.000000311. The normalized spacial score (nSPS) is 19.9. The first kappa shape index (κ1) is 39.1. The van der Waals surface area contributed by atoms with Crippen molar-refractivity contribution in [3.63, 3.8) is 0 Å². The summed E-state index contributed by atoms with van der Waals surface area (Å²) >= 11 is 0. The molecule has 2 aliphatic heterocycles.